The fourth-order valence-corrected chi connectivity index (χ4v) is 12.9. The van der Waals surface area contributed by atoms with Crippen molar-refractivity contribution in [2.75, 3.05) is 57.4 Å². The largest absolute Gasteiger partial charge is 0.488 e. The highest BCUT2D eigenvalue weighted by atomic mass is 35.5. The van der Waals surface area contributed by atoms with Crippen molar-refractivity contribution in [3.8, 4) is 22.6 Å². The number of fused-ring (bicyclic) bond motifs is 2. The number of nitrogens with one attached hydrogen (secondary N) is 2. The number of hydrogen-bond donors (Lipinski definition) is 4. The number of aryl methyl sites for hydroxylation is 1. The Kier molecular flexibility index (Phi) is 14.4. The van der Waals surface area contributed by atoms with Crippen LogP contribution in [0.15, 0.2) is 60.7 Å². The molecule has 4 aliphatic heterocycles. The Bertz CT molecular complexity index is 2960. The summed E-state index contributed by atoms with van der Waals surface area (Å²) in [5.74, 6) is -2.82. The van der Waals surface area contributed by atoms with Gasteiger partial charge in [0.15, 0.2) is 23.0 Å². The summed E-state index contributed by atoms with van der Waals surface area (Å²) < 4.78 is 46.4. The molecule has 0 bridgehead atoms. The van der Waals surface area contributed by atoms with Crippen LogP contribution >= 0.6 is 23.2 Å². The molecule has 0 spiro atoms. The van der Waals surface area contributed by atoms with Gasteiger partial charge in [-0.3, -0.25) is 29.3 Å². The fourth-order valence-electron chi connectivity index (χ4n) is 12.2. The second-order valence-electron chi connectivity index (χ2n) is 20.1. The van der Waals surface area contributed by atoms with E-state index in [1.807, 2.05) is 50.4 Å². The lowest BCUT2D eigenvalue weighted by atomic mass is 9.77. The number of rotatable bonds is 13. The molecule has 10 rings (SSSR count). The van der Waals surface area contributed by atoms with Gasteiger partial charge >= 0.3 is 6.03 Å². The maximum atomic E-state index is 16.5. The predicted octanol–water partition coefficient (Wildman–Crippen LogP) is 8.15. The number of hydrogen-bond acceptors (Lipinski definition) is 10. The number of aromatic nitrogens is 2. The zero-order chi connectivity index (χ0) is 51.3. The minimum Gasteiger partial charge on any atom is -0.488 e. The molecule has 386 valence electrons. The van der Waals surface area contributed by atoms with E-state index in [1.54, 1.807) is 4.68 Å². The Morgan fingerprint density at radius 3 is 2.34 bits per heavy atom. The highest BCUT2D eigenvalue weighted by Gasteiger charge is 2.50. The van der Waals surface area contributed by atoms with Crippen molar-refractivity contribution in [3.05, 3.63) is 105 Å². The number of imide groups is 1. The number of carbonyl (C=O) groups excluding carboxylic acids is 4. The van der Waals surface area contributed by atoms with Gasteiger partial charge in [0.2, 0.25) is 17.7 Å². The molecule has 1 aromatic heterocycles. The normalized spacial score (nSPS) is 23.1. The molecule has 2 atom stereocenters. The summed E-state index contributed by atoms with van der Waals surface area (Å²) in [6, 6.07) is 17.3. The molecular weight excluding hydrogens is 982 g/mol. The minimum absolute atomic E-state index is 0.0552. The van der Waals surface area contributed by atoms with Crippen LogP contribution in [0.5, 0.6) is 11.5 Å². The number of likely N-dealkylation sites (tertiary alicyclic amines) is 2. The number of nitrogens with two attached hydrogens (primary N) is 1. The van der Waals surface area contributed by atoms with Gasteiger partial charge in [-0.25, -0.2) is 13.6 Å². The van der Waals surface area contributed by atoms with Crippen molar-refractivity contribution in [3.63, 3.8) is 0 Å². The number of primary amides is 1. The number of benzene rings is 4. The average Bonchev–Trinajstić information content (AvgIpc) is 3.88. The summed E-state index contributed by atoms with van der Waals surface area (Å²) in [6.07, 6.45) is 6.96. The van der Waals surface area contributed by atoms with Crippen molar-refractivity contribution in [1.29, 1.82) is 0 Å². The van der Waals surface area contributed by atoms with E-state index < -0.39 is 40.1 Å². The van der Waals surface area contributed by atoms with Crippen molar-refractivity contribution in [1.82, 2.24) is 30.2 Å². The minimum atomic E-state index is -1.11. The molecule has 1 saturated carbocycles. The van der Waals surface area contributed by atoms with E-state index in [2.05, 4.69) is 31.6 Å². The summed E-state index contributed by atoms with van der Waals surface area (Å²) in [6.45, 7) is 5.18. The predicted molar refractivity (Wildman–Crippen MR) is 273 cm³/mol. The van der Waals surface area contributed by atoms with Crippen LogP contribution in [0.4, 0.5) is 19.4 Å². The quantitative estimate of drug-likeness (QED) is 0.0898. The molecule has 5 heterocycles. The molecule has 0 radical (unpaired) electrons. The van der Waals surface area contributed by atoms with E-state index in [4.69, 9.17) is 38.4 Å². The van der Waals surface area contributed by atoms with Gasteiger partial charge < -0.3 is 35.4 Å². The standard InChI is InChI=1S/C54H60Cl2F2N8O7/c1-30-43-41(28-39(57)47(56)45(43)44-37(50(59)69)14-15-40(48(44)58)72-27-26-67)73-54(30,33-6-4-3-5-7-33)29-60-34-10-8-32(9-11-34)52(70)65-23-18-35(19-24-65)64-21-16-31(17-22-64)36-12-13-38-49(46(36)55)63(2)62-51(38)66-25-20-42(68)61-53(66)71/h3-7,12-15,28,30-32,34-35,60,67H,8-11,16-27,29H2,1-2H3,(H2,59,69)(H,61,68,71)/t30-,32?,34?,54-/m0/s1. The zero-order valence-electron chi connectivity index (χ0n) is 40.9. The van der Waals surface area contributed by atoms with E-state index in [9.17, 15) is 24.3 Å². The summed E-state index contributed by atoms with van der Waals surface area (Å²) in [5, 5.41) is 21.1. The third kappa shape index (κ3) is 9.40. The Morgan fingerprint density at radius 1 is 0.932 bits per heavy atom. The van der Waals surface area contributed by atoms with Gasteiger partial charge in [-0.05, 0) is 99.7 Å². The number of amides is 5. The Balaban J connectivity index is 0.753. The molecule has 5 amide bonds. The Morgan fingerprint density at radius 2 is 1.66 bits per heavy atom. The van der Waals surface area contributed by atoms with Crippen molar-refractivity contribution in [2.45, 2.75) is 94.2 Å². The summed E-state index contributed by atoms with van der Waals surface area (Å²) in [5.41, 5.74) is 7.13. The third-order valence-electron chi connectivity index (χ3n) is 16.1. The highest BCUT2D eigenvalue weighted by molar-refractivity contribution is 6.36. The molecule has 0 unspecified atom stereocenters. The summed E-state index contributed by atoms with van der Waals surface area (Å²) >= 11 is 13.8. The van der Waals surface area contributed by atoms with Gasteiger partial charge in [-0.15, -0.1) is 0 Å². The van der Waals surface area contributed by atoms with Crippen molar-refractivity contribution in [2.24, 2.45) is 18.7 Å². The summed E-state index contributed by atoms with van der Waals surface area (Å²) in [4.78, 5) is 57.4. The number of anilines is 1. The molecule has 15 nitrogen and oxygen atoms in total. The first-order valence-electron chi connectivity index (χ1n) is 25.3. The van der Waals surface area contributed by atoms with E-state index >= 15 is 8.78 Å². The van der Waals surface area contributed by atoms with Crippen LogP contribution in [-0.2, 0) is 22.2 Å². The molecule has 19 heteroatoms. The van der Waals surface area contributed by atoms with E-state index in [0.717, 1.165) is 99.6 Å². The molecule has 3 saturated heterocycles. The second kappa shape index (κ2) is 20.8. The van der Waals surface area contributed by atoms with Crippen LogP contribution in [-0.4, -0.2) is 113 Å². The first-order chi connectivity index (χ1) is 35.2. The first kappa shape index (κ1) is 50.7. The number of halogens is 4. The number of nitrogens with zero attached hydrogens (tertiary/aromatic N) is 5. The van der Waals surface area contributed by atoms with E-state index in [-0.39, 0.29) is 84.1 Å². The number of aliphatic hydroxyl groups excluding tert-OH is 1. The number of aliphatic hydroxyl groups is 1. The van der Waals surface area contributed by atoms with Crippen molar-refractivity contribution < 1.29 is 42.5 Å². The van der Waals surface area contributed by atoms with Crippen LogP contribution in [0.25, 0.3) is 22.0 Å². The number of ether oxygens (including phenoxy) is 2. The molecule has 4 aromatic carbocycles. The lowest BCUT2D eigenvalue weighted by Gasteiger charge is -2.43. The molecule has 5 aliphatic rings. The molecule has 1 aliphatic carbocycles. The molecular formula is C54H60Cl2F2N8O7. The van der Waals surface area contributed by atoms with Crippen LogP contribution in [0, 0.1) is 17.6 Å². The third-order valence-corrected chi connectivity index (χ3v) is 16.9. The topological polar surface area (TPSA) is 185 Å². The SMILES string of the molecule is C[C@H]1c2c(cc(F)c(Cl)c2-c2c(C(N)=O)ccc(OCCO)c2F)O[C@]1(CNC1CCC(C(=O)N2CCC(N3CCC(c4ccc5c(N6CCC(=O)NC6=O)nn(C)c5c4Cl)CC3)CC2)CC1)c1ccccc1. The van der Waals surface area contributed by atoms with E-state index in [1.165, 1.54) is 23.1 Å². The van der Waals surface area contributed by atoms with Crippen LogP contribution in [0.2, 0.25) is 10.0 Å². The van der Waals surface area contributed by atoms with Crippen LogP contribution < -0.4 is 30.7 Å². The van der Waals surface area contributed by atoms with Crippen molar-refractivity contribution >= 4 is 63.7 Å². The molecule has 4 fully saturated rings. The number of carbonyl (C=O) groups is 4. The fraction of sp³-hybridized carbons (Fsp3) is 0.463. The lowest BCUT2D eigenvalue weighted by Crippen LogP contribution is -2.51. The monoisotopic (exact) mass is 1040 g/mol. The van der Waals surface area contributed by atoms with Gasteiger partial charge in [0.1, 0.15) is 18.2 Å². The van der Waals surface area contributed by atoms with Gasteiger partial charge in [-0.2, -0.15) is 5.10 Å². The molecule has 5 aromatic rings. The van der Waals surface area contributed by atoms with Gasteiger partial charge in [0.05, 0.1) is 27.7 Å². The highest BCUT2D eigenvalue weighted by Crippen LogP contribution is 2.57. The number of piperidine rings is 2. The number of urea groups is 1. The van der Waals surface area contributed by atoms with E-state index in [0.29, 0.717) is 29.0 Å². The maximum absolute atomic E-state index is 16.5. The molecule has 73 heavy (non-hydrogen) atoms. The first-order valence-corrected chi connectivity index (χ1v) is 26.1. The Labute approximate surface area is 432 Å². The van der Waals surface area contributed by atoms with Crippen LogP contribution in [0.1, 0.15) is 104 Å². The second-order valence-corrected chi connectivity index (χ2v) is 20.9. The average molecular weight is 1040 g/mol. The van der Waals surface area contributed by atoms with Crippen LogP contribution in [0.3, 0.4) is 0 Å². The summed E-state index contributed by atoms with van der Waals surface area (Å²) in [7, 11) is 1.82. The van der Waals surface area contributed by atoms with Gasteiger partial charge in [0.25, 0.3) is 0 Å². The zero-order valence-corrected chi connectivity index (χ0v) is 42.4. The maximum Gasteiger partial charge on any atom is 0.329 e. The lowest BCUT2D eigenvalue weighted by molar-refractivity contribution is -0.138. The van der Waals surface area contributed by atoms with Gasteiger partial charge in [-0.1, -0.05) is 66.5 Å². The van der Waals surface area contributed by atoms with Gasteiger partial charge in [0, 0.05) is 91.7 Å². The Hall–Kier alpha value is -5.85. The molecule has 5 N–H and O–H groups in total. The smallest absolute Gasteiger partial charge is 0.329 e.